The first kappa shape index (κ1) is 14.7. The van der Waals surface area contributed by atoms with Gasteiger partial charge in [-0.2, -0.15) is 5.10 Å². The van der Waals surface area contributed by atoms with Crippen molar-refractivity contribution in [3.63, 3.8) is 0 Å². The number of hydrogen-bond donors (Lipinski definition) is 2. The lowest BCUT2D eigenvalue weighted by Gasteiger charge is -2.07. The number of carbonyl (C=O) groups excluding carboxylic acids is 2. The van der Waals surface area contributed by atoms with E-state index in [2.05, 4.69) is 20.7 Å². The van der Waals surface area contributed by atoms with E-state index in [1.165, 1.54) is 0 Å². The number of pyridine rings is 1. The molecular weight excluding hydrogens is 270 g/mol. The van der Waals surface area contributed by atoms with Crippen molar-refractivity contribution in [3.8, 4) is 0 Å². The van der Waals surface area contributed by atoms with Gasteiger partial charge in [0.2, 0.25) is 0 Å². The number of hydrogen-bond acceptors (Lipinski definition) is 4. The molecule has 2 aromatic heterocycles. The van der Waals surface area contributed by atoms with Gasteiger partial charge in [0, 0.05) is 26.0 Å². The lowest BCUT2D eigenvalue weighted by Crippen LogP contribution is -2.35. The lowest BCUT2D eigenvalue weighted by molar-refractivity contribution is -0.136. The highest BCUT2D eigenvalue weighted by Gasteiger charge is 2.17. The Morgan fingerprint density at radius 3 is 2.43 bits per heavy atom. The van der Waals surface area contributed by atoms with Crippen LogP contribution in [0.4, 0.5) is 5.69 Å². The van der Waals surface area contributed by atoms with E-state index in [-0.39, 0.29) is 6.54 Å². The lowest BCUT2D eigenvalue weighted by atomic mass is 10.2. The standard InChI is InChI=1S/C14H17N5O2/c1-9-12(10(2)19(3)18-9)17-14(21)13(20)16-8-11-4-6-15-7-5-11/h4-7H,8H2,1-3H3,(H,16,20)(H,17,21). The molecule has 21 heavy (non-hydrogen) atoms. The van der Waals surface area contributed by atoms with Crippen LogP contribution in [0.3, 0.4) is 0 Å². The Balaban J connectivity index is 1.95. The Bertz CT molecular complexity index is 664. The van der Waals surface area contributed by atoms with Crippen molar-refractivity contribution in [2.75, 3.05) is 5.32 Å². The van der Waals surface area contributed by atoms with Crippen LogP contribution >= 0.6 is 0 Å². The first-order chi connectivity index (χ1) is 9.99. The minimum atomic E-state index is -0.705. The Kier molecular flexibility index (Phi) is 4.32. The molecule has 0 atom stereocenters. The average molecular weight is 287 g/mol. The molecule has 7 heteroatoms. The van der Waals surface area contributed by atoms with Gasteiger partial charge in [0.25, 0.3) is 0 Å². The van der Waals surface area contributed by atoms with Gasteiger partial charge < -0.3 is 10.6 Å². The molecule has 0 saturated heterocycles. The summed E-state index contributed by atoms with van der Waals surface area (Å²) in [5.41, 5.74) is 2.91. The number of amides is 2. The summed E-state index contributed by atoms with van der Waals surface area (Å²) >= 11 is 0. The fourth-order valence-electron chi connectivity index (χ4n) is 1.89. The predicted octanol–water partition coefficient (Wildman–Crippen LogP) is 0.687. The Morgan fingerprint density at radius 2 is 1.86 bits per heavy atom. The summed E-state index contributed by atoms with van der Waals surface area (Å²) in [6, 6.07) is 3.54. The van der Waals surface area contributed by atoms with Crippen LogP contribution in [-0.4, -0.2) is 26.6 Å². The van der Waals surface area contributed by atoms with E-state index in [0.29, 0.717) is 11.4 Å². The van der Waals surface area contributed by atoms with Gasteiger partial charge >= 0.3 is 11.8 Å². The van der Waals surface area contributed by atoms with E-state index in [0.717, 1.165) is 11.3 Å². The molecule has 0 radical (unpaired) electrons. The predicted molar refractivity (Wildman–Crippen MR) is 77.4 cm³/mol. The minimum Gasteiger partial charge on any atom is -0.344 e. The zero-order valence-electron chi connectivity index (χ0n) is 12.2. The maximum absolute atomic E-state index is 11.9. The van der Waals surface area contributed by atoms with E-state index >= 15 is 0 Å². The highest BCUT2D eigenvalue weighted by Crippen LogP contribution is 2.17. The zero-order chi connectivity index (χ0) is 15.4. The summed E-state index contributed by atoms with van der Waals surface area (Å²) < 4.78 is 1.65. The van der Waals surface area contributed by atoms with Crippen LogP contribution in [0.15, 0.2) is 24.5 Å². The molecule has 0 aromatic carbocycles. The minimum absolute atomic E-state index is 0.278. The molecule has 0 unspecified atom stereocenters. The van der Waals surface area contributed by atoms with Gasteiger partial charge in [0.05, 0.1) is 17.1 Å². The second-order valence-electron chi connectivity index (χ2n) is 4.66. The molecule has 0 spiro atoms. The van der Waals surface area contributed by atoms with Gasteiger partial charge in [-0.3, -0.25) is 19.3 Å². The van der Waals surface area contributed by atoms with E-state index in [9.17, 15) is 9.59 Å². The summed E-state index contributed by atoms with van der Waals surface area (Å²) in [5.74, 6) is -1.39. The van der Waals surface area contributed by atoms with Crippen molar-refractivity contribution in [1.29, 1.82) is 0 Å². The molecular formula is C14H17N5O2. The first-order valence-electron chi connectivity index (χ1n) is 6.47. The summed E-state index contributed by atoms with van der Waals surface area (Å²) in [5, 5.41) is 9.33. The average Bonchev–Trinajstić information content (AvgIpc) is 2.72. The maximum Gasteiger partial charge on any atom is 0.313 e. The summed E-state index contributed by atoms with van der Waals surface area (Å²) in [7, 11) is 1.78. The number of aryl methyl sites for hydroxylation is 2. The van der Waals surface area contributed by atoms with E-state index in [1.54, 1.807) is 43.2 Å². The number of nitrogens with zero attached hydrogens (tertiary/aromatic N) is 3. The van der Waals surface area contributed by atoms with Crippen LogP contribution in [0.2, 0.25) is 0 Å². The molecule has 2 amide bonds. The van der Waals surface area contributed by atoms with Crippen molar-refractivity contribution in [2.45, 2.75) is 20.4 Å². The number of carbonyl (C=O) groups is 2. The topological polar surface area (TPSA) is 88.9 Å². The Morgan fingerprint density at radius 1 is 1.19 bits per heavy atom. The van der Waals surface area contributed by atoms with Crippen LogP contribution in [-0.2, 0) is 23.2 Å². The van der Waals surface area contributed by atoms with Crippen LogP contribution in [0.5, 0.6) is 0 Å². The summed E-state index contributed by atoms with van der Waals surface area (Å²) in [6.45, 7) is 3.88. The van der Waals surface area contributed by atoms with Crippen molar-refractivity contribution in [3.05, 3.63) is 41.5 Å². The first-order valence-corrected chi connectivity index (χ1v) is 6.47. The second kappa shape index (κ2) is 6.17. The van der Waals surface area contributed by atoms with Crippen molar-refractivity contribution in [2.24, 2.45) is 7.05 Å². The van der Waals surface area contributed by atoms with Gasteiger partial charge in [-0.1, -0.05) is 0 Å². The number of anilines is 1. The molecule has 0 saturated carbocycles. The third kappa shape index (κ3) is 3.44. The number of nitrogens with one attached hydrogen (secondary N) is 2. The Labute approximate surface area is 122 Å². The van der Waals surface area contributed by atoms with Crippen molar-refractivity contribution in [1.82, 2.24) is 20.1 Å². The van der Waals surface area contributed by atoms with E-state index in [4.69, 9.17) is 0 Å². The maximum atomic E-state index is 11.9. The van der Waals surface area contributed by atoms with E-state index in [1.807, 2.05) is 6.92 Å². The zero-order valence-corrected chi connectivity index (χ0v) is 12.2. The van der Waals surface area contributed by atoms with Gasteiger partial charge in [0.1, 0.15) is 0 Å². The smallest absolute Gasteiger partial charge is 0.313 e. The fourth-order valence-corrected chi connectivity index (χ4v) is 1.89. The number of aromatic nitrogens is 3. The van der Waals surface area contributed by atoms with Crippen LogP contribution < -0.4 is 10.6 Å². The highest BCUT2D eigenvalue weighted by atomic mass is 16.2. The molecule has 110 valence electrons. The SMILES string of the molecule is Cc1nn(C)c(C)c1NC(=O)C(=O)NCc1ccncc1. The summed E-state index contributed by atoms with van der Waals surface area (Å²) in [4.78, 5) is 27.5. The van der Waals surface area contributed by atoms with Gasteiger partial charge in [0.15, 0.2) is 0 Å². The second-order valence-corrected chi connectivity index (χ2v) is 4.66. The monoisotopic (exact) mass is 287 g/mol. The molecule has 7 nitrogen and oxygen atoms in total. The molecule has 2 rings (SSSR count). The molecule has 0 aliphatic rings. The van der Waals surface area contributed by atoms with E-state index < -0.39 is 11.8 Å². The highest BCUT2D eigenvalue weighted by molar-refractivity contribution is 6.39. The van der Waals surface area contributed by atoms with Gasteiger partial charge in [-0.25, -0.2) is 0 Å². The molecule has 2 aromatic rings. The van der Waals surface area contributed by atoms with Crippen LogP contribution in [0.1, 0.15) is 17.0 Å². The molecule has 0 fully saturated rings. The van der Waals surface area contributed by atoms with Crippen LogP contribution in [0, 0.1) is 13.8 Å². The molecule has 2 N–H and O–H groups in total. The van der Waals surface area contributed by atoms with Crippen LogP contribution in [0.25, 0.3) is 0 Å². The molecule has 0 bridgehead atoms. The summed E-state index contributed by atoms with van der Waals surface area (Å²) in [6.07, 6.45) is 3.26. The third-order valence-corrected chi connectivity index (χ3v) is 3.16. The Hall–Kier alpha value is -2.70. The van der Waals surface area contributed by atoms with Crippen molar-refractivity contribution >= 4 is 17.5 Å². The quantitative estimate of drug-likeness (QED) is 0.813. The molecule has 2 heterocycles. The van der Waals surface area contributed by atoms with Gasteiger partial charge in [-0.15, -0.1) is 0 Å². The largest absolute Gasteiger partial charge is 0.344 e. The molecule has 0 aliphatic carbocycles. The van der Waals surface area contributed by atoms with Gasteiger partial charge in [-0.05, 0) is 31.5 Å². The van der Waals surface area contributed by atoms with Crippen molar-refractivity contribution < 1.29 is 9.59 Å². The number of rotatable bonds is 3. The third-order valence-electron chi connectivity index (χ3n) is 3.16. The fraction of sp³-hybridized carbons (Fsp3) is 0.286. The molecule has 0 aliphatic heterocycles. The normalized spacial score (nSPS) is 10.2.